The van der Waals surface area contributed by atoms with Crippen LogP contribution in [0.15, 0.2) is 35.1 Å². The largest absolute Gasteiger partial charge is 0.384 e. The van der Waals surface area contributed by atoms with Gasteiger partial charge in [0.1, 0.15) is 11.9 Å². The number of hydrogen-bond donors (Lipinski definition) is 1. The molecule has 1 atom stereocenters. The number of thiazole rings is 1. The van der Waals surface area contributed by atoms with Gasteiger partial charge < -0.3 is 15.0 Å². The quantitative estimate of drug-likeness (QED) is 0.591. The van der Waals surface area contributed by atoms with Crippen LogP contribution in [0, 0.1) is 0 Å². The number of amides is 1. The number of ether oxygens (including phenoxy) is 1. The van der Waals surface area contributed by atoms with Crippen molar-refractivity contribution in [2.24, 2.45) is 7.05 Å². The monoisotopic (exact) mass is 453 g/mol. The second-order valence-corrected chi connectivity index (χ2v) is 9.67. The van der Waals surface area contributed by atoms with E-state index in [-0.39, 0.29) is 22.9 Å². The van der Waals surface area contributed by atoms with Crippen LogP contribution in [0.1, 0.15) is 37.1 Å². The molecule has 32 heavy (non-hydrogen) atoms. The first-order valence-corrected chi connectivity index (χ1v) is 11.8. The lowest BCUT2D eigenvalue weighted by atomic mass is 10.1. The molecule has 1 aromatic carbocycles. The number of fused-ring (bicyclic) bond motifs is 1. The lowest BCUT2D eigenvalue weighted by Gasteiger charge is -2.23. The standard InChI is InChI=1S/C23H27N5O3S/c1-27-20(30)17-19(26-21(27)23(10-11-23)14-31-2)32-22(25-17)28-12-6-9-16(28)18(29)24-13-15-7-4-3-5-8-15/h3-5,7-8,16H,6,9-14H2,1-2H3,(H,24,29)/t16-/m1/s1. The number of anilines is 1. The molecule has 9 heteroatoms. The summed E-state index contributed by atoms with van der Waals surface area (Å²) in [5.74, 6) is 0.759. The number of hydrogen-bond acceptors (Lipinski definition) is 7. The SMILES string of the molecule is COCC1(c2nc3sc(N4CCC[C@@H]4C(=O)NCc4ccccc4)nc3c(=O)n2C)CC1. The van der Waals surface area contributed by atoms with Gasteiger partial charge >= 0.3 is 0 Å². The van der Waals surface area contributed by atoms with Gasteiger partial charge in [0.25, 0.3) is 5.56 Å². The minimum atomic E-state index is -0.286. The summed E-state index contributed by atoms with van der Waals surface area (Å²) in [4.78, 5) is 38.1. The van der Waals surface area contributed by atoms with Crippen molar-refractivity contribution in [3.63, 3.8) is 0 Å². The zero-order valence-electron chi connectivity index (χ0n) is 18.3. The second-order valence-electron chi connectivity index (χ2n) is 8.72. The third-order valence-corrected chi connectivity index (χ3v) is 7.48. The number of carbonyl (C=O) groups excluding carboxylic acids is 1. The molecule has 3 heterocycles. The Labute approximate surface area is 190 Å². The Bertz CT molecular complexity index is 1200. The fourth-order valence-electron chi connectivity index (χ4n) is 4.57. The van der Waals surface area contributed by atoms with Crippen molar-refractivity contribution >= 4 is 32.7 Å². The van der Waals surface area contributed by atoms with Crippen LogP contribution in [0.5, 0.6) is 0 Å². The van der Waals surface area contributed by atoms with Crippen molar-refractivity contribution in [3.05, 3.63) is 52.1 Å². The van der Waals surface area contributed by atoms with Gasteiger partial charge in [-0.1, -0.05) is 41.7 Å². The highest BCUT2D eigenvalue weighted by atomic mass is 32.1. The van der Waals surface area contributed by atoms with Crippen LogP contribution in [-0.4, -0.2) is 46.7 Å². The van der Waals surface area contributed by atoms with Gasteiger partial charge in [0, 0.05) is 27.2 Å². The first-order valence-electron chi connectivity index (χ1n) is 11.0. The molecule has 0 radical (unpaired) electrons. The lowest BCUT2D eigenvalue weighted by Crippen LogP contribution is -2.43. The Morgan fingerprint density at radius 3 is 2.78 bits per heavy atom. The van der Waals surface area contributed by atoms with E-state index < -0.39 is 0 Å². The average molecular weight is 454 g/mol. The molecular formula is C23H27N5O3S. The van der Waals surface area contributed by atoms with Crippen molar-refractivity contribution in [1.29, 1.82) is 0 Å². The fourth-order valence-corrected chi connectivity index (χ4v) is 5.58. The van der Waals surface area contributed by atoms with Crippen molar-refractivity contribution in [2.45, 2.75) is 43.7 Å². The molecule has 3 aromatic rings. The molecule has 1 saturated carbocycles. The Balaban J connectivity index is 1.40. The highest BCUT2D eigenvalue weighted by molar-refractivity contribution is 7.21. The van der Waals surface area contributed by atoms with Gasteiger partial charge in [-0.05, 0) is 31.2 Å². The third kappa shape index (κ3) is 3.69. The highest BCUT2D eigenvalue weighted by Crippen LogP contribution is 2.47. The maximum atomic E-state index is 13.1. The van der Waals surface area contributed by atoms with Crippen LogP contribution in [0.4, 0.5) is 5.13 Å². The zero-order chi connectivity index (χ0) is 22.3. The molecule has 1 saturated heterocycles. The molecule has 1 amide bonds. The predicted molar refractivity (Wildman–Crippen MR) is 124 cm³/mol. The molecule has 2 aromatic heterocycles. The summed E-state index contributed by atoms with van der Waals surface area (Å²) >= 11 is 1.40. The highest BCUT2D eigenvalue weighted by Gasteiger charge is 2.48. The second kappa shape index (κ2) is 8.29. The van der Waals surface area contributed by atoms with Gasteiger partial charge in [-0.3, -0.25) is 14.2 Å². The van der Waals surface area contributed by atoms with Gasteiger partial charge in [0.05, 0.1) is 12.0 Å². The average Bonchev–Trinajstić information content (AvgIpc) is 3.23. The Morgan fingerprint density at radius 1 is 1.28 bits per heavy atom. The molecule has 2 fully saturated rings. The smallest absolute Gasteiger partial charge is 0.280 e. The Morgan fingerprint density at radius 2 is 2.06 bits per heavy atom. The summed E-state index contributed by atoms with van der Waals surface area (Å²) < 4.78 is 7.01. The van der Waals surface area contributed by atoms with Crippen molar-refractivity contribution in [2.75, 3.05) is 25.2 Å². The number of aromatic nitrogens is 3. The van der Waals surface area contributed by atoms with Crippen LogP contribution in [0.3, 0.4) is 0 Å². The van der Waals surface area contributed by atoms with E-state index in [1.54, 1.807) is 18.7 Å². The third-order valence-electron chi connectivity index (χ3n) is 6.49. The van der Waals surface area contributed by atoms with E-state index in [0.29, 0.717) is 28.6 Å². The van der Waals surface area contributed by atoms with E-state index in [0.717, 1.165) is 43.6 Å². The lowest BCUT2D eigenvalue weighted by molar-refractivity contribution is -0.122. The molecule has 1 N–H and O–H groups in total. The summed E-state index contributed by atoms with van der Waals surface area (Å²) in [6.45, 7) is 1.79. The van der Waals surface area contributed by atoms with E-state index in [4.69, 9.17) is 9.72 Å². The van der Waals surface area contributed by atoms with Crippen molar-refractivity contribution in [3.8, 4) is 0 Å². The Hall–Kier alpha value is -2.78. The van der Waals surface area contributed by atoms with Crippen LogP contribution < -0.4 is 15.8 Å². The summed E-state index contributed by atoms with van der Waals surface area (Å²) in [5.41, 5.74) is 1.13. The van der Waals surface area contributed by atoms with Crippen LogP contribution >= 0.6 is 11.3 Å². The van der Waals surface area contributed by atoms with E-state index in [1.807, 2.05) is 35.2 Å². The molecule has 0 spiro atoms. The van der Waals surface area contributed by atoms with Crippen LogP contribution in [0.25, 0.3) is 10.3 Å². The maximum absolute atomic E-state index is 13.1. The molecule has 8 nitrogen and oxygen atoms in total. The Kier molecular flexibility index (Phi) is 5.46. The number of nitrogens with zero attached hydrogens (tertiary/aromatic N) is 4. The van der Waals surface area contributed by atoms with Crippen molar-refractivity contribution in [1.82, 2.24) is 19.9 Å². The molecular weight excluding hydrogens is 426 g/mol. The number of methoxy groups -OCH3 is 1. The molecule has 0 unspecified atom stereocenters. The molecule has 1 aliphatic heterocycles. The van der Waals surface area contributed by atoms with Crippen LogP contribution in [-0.2, 0) is 28.5 Å². The van der Waals surface area contributed by atoms with E-state index in [2.05, 4.69) is 10.3 Å². The van der Waals surface area contributed by atoms with Gasteiger partial charge in [0.15, 0.2) is 15.5 Å². The predicted octanol–water partition coefficient (Wildman–Crippen LogP) is 2.35. The molecule has 1 aliphatic carbocycles. The molecule has 168 valence electrons. The summed E-state index contributed by atoms with van der Waals surface area (Å²) in [5, 5.41) is 3.74. The van der Waals surface area contributed by atoms with Gasteiger partial charge in [-0.15, -0.1) is 0 Å². The maximum Gasteiger partial charge on any atom is 0.280 e. The first kappa shape index (κ1) is 21.1. The zero-order valence-corrected chi connectivity index (χ0v) is 19.2. The van der Waals surface area contributed by atoms with Gasteiger partial charge in [-0.2, -0.15) is 0 Å². The van der Waals surface area contributed by atoms with E-state index >= 15 is 0 Å². The summed E-state index contributed by atoms with van der Waals surface area (Å²) in [7, 11) is 3.44. The molecule has 2 aliphatic rings. The van der Waals surface area contributed by atoms with Gasteiger partial charge in [-0.25, -0.2) is 9.97 Å². The number of carbonyl (C=O) groups is 1. The van der Waals surface area contributed by atoms with Gasteiger partial charge in [0.2, 0.25) is 5.91 Å². The number of rotatable bonds is 7. The fraction of sp³-hybridized carbons (Fsp3) is 0.478. The summed E-state index contributed by atoms with van der Waals surface area (Å²) in [6.07, 6.45) is 3.61. The number of benzene rings is 1. The first-order chi connectivity index (χ1) is 15.5. The topological polar surface area (TPSA) is 89.3 Å². The summed E-state index contributed by atoms with van der Waals surface area (Å²) in [6, 6.07) is 9.59. The molecule has 0 bridgehead atoms. The van der Waals surface area contributed by atoms with Crippen LogP contribution in [0.2, 0.25) is 0 Å². The van der Waals surface area contributed by atoms with E-state index in [1.165, 1.54) is 11.3 Å². The minimum absolute atomic E-state index is 0.0100. The normalized spacial score (nSPS) is 19.4. The number of nitrogens with one attached hydrogen (secondary N) is 1. The van der Waals surface area contributed by atoms with E-state index in [9.17, 15) is 9.59 Å². The minimum Gasteiger partial charge on any atom is -0.384 e. The molecule has 5 rings (SSSR count). The van der Waals surface area contributed by atoms with Crippen molar-refractivity contribution < 1.29 is 9.53 Å².